The number of aromatic carboxylic acids is 1. The highest BCUT2D eigenvalue weighted by Crippen LogP contribution is 2.16. The number of carbonyl (C=O) groups is 1. The summed E-state index contributed by atoms with van der Waals surface area (Å²) in [4.78, 5) is 10.2. The van der Waals surface area contributed by atoms with E-state index in [0.717, 1.165) is 0 Å². The van der Waals surface area contributed by atoms with Crippen molar-refractivity contribution in [3.8, 4) is 5.75 Å². The molecule has 0 aliphatic rings. The van der Waals surface area contributed by atoms with Crippen LogP contribution < -0.4 is 9.84 Å². The molecule has 0 aliphatic heterocycles. The van der Waals surface area contributed by atoms with E-state index in [1.807, 2.05) is 0 Å². The summed E-state index contributed by atoms with van der Waals surface area (Å²) in [6.45, 7) is 15.0. The van der Waals surface area contributed by atoms with E-state index in [2.05, 4.69) is 27.7 Å². The number of methoxy groups -OCH3 is 1. The second-order valence-electron chi connectivity index (χ2n) is 7.67. The number of quaternary nitrogens is 1. The highest BCUT2D eigenvalue weighted by atomic mass is 16.5. The molecule has 1 aromatic rings. The number of benzene rings is 1. The summed E-state index contributed by atoms with van der Waals surface area (Å²) in [5, 5.41) is 10.2. The molecule has 0 bridgehead atoms. The van der Waals surface area contributed by atoms with Gasteiger partial charge < -0.3 is 19.1 Å². The predicted octanol–water partition coefficient (Wildman–Crippen LogP) is 5.06. The summed E-state index contributed by atoms with van der Waals surface area (Å²) in [5.74, 6) is -0.539. The Bertz CT molecular complexity index is 462. The Labute approximate surface area is 173 Å². The number of carbonyl (C=O) groups excluding carboxylic acids is 1. The van der Waals surface area contributed by atoms with E-state index < -0.39 is 5.97 Å². The van der Waals surface area contributed by atoms with E-state index in [0.29, 0.717) is 5.75 Å². The number of unbranched alkanes of at least 4 members (excludes halogenated alkanes) is 4. The van der Waals surface area contributed by atoms with Gasteiger partial charge in [-0.25, -0.2) is 0 Å². The SMILES string of the molecule is CCCC[N+](CCCC)(CCCC)CCCC.COc1ccc(C(=O)[O-])cc1. The maximum absolute atomic E-state index is 10.2. The van der Waals surface area contributed by atoms with Crippen LogP contribution in [0.25, 0.3) is 0 Å². The standard InChI is InChI=1S/C16H36N.C8H8O3/c1-5-9-13-17(14-10-6-2,15-11-7-3)16-12-8-4;1-11-7-4-2-6(3-5-7)8(9)10/h5-16H2,1-4H3;2-5H,1H3,(H,9,10)/q+1;/p-1. The molecule has 0 unspecified atom stereocenters. The molecule has 0 amide bonds. The van der Waals surface area contributed by atoms with Gasteiger partial charge in [-0.1, -0.05) is 53.4 Å². The quantitative estimate of drug-likeness (QED) is 0.415. The first-order valence-corrected chi connectivity index (χ1v) is 11.2. The van der Waals surface area contributed by atoms with Crippen molar-refractivity contribution >= 4 is 5.97 Å². The van der Waals surface area contributed by atoms with Crippen molar-refractivity contribution in [1.29, 1.82) is 0 Å². The minimum Gasteiger partial charge on any atom is -0.545 e. The highest BCUT2D eigenvalue weighted by Gasteiger charge is 2.24. The van der Waals surface area contributed by atoms with E-state index in [-0.39, 0.29) is 5.56 Å². The molecule has 0 heterocycles. The van der Waals surface area contributed by atoms with Gasteiger partial charge in [0.15, 0.2) is 0 Å². The van der Waals surface area contributed by atoms with Gasteiger partial charge in [0, 0.05) is 0 Å². The lowest BCUT2D eigenvalue weighted by molar-refractivity contribution is -0.929. The first kappa shape index (κ1) is 26.4. The van der Waals surface area contributed by atoms with Crippen molar-refractivity contribution in [3.05, 3.63) is 29.8 Å². The topological polar surface area (TPSA) is 49.4 Å². The molecule has 0 aromatic heterocycles. The lowest BCUT2D eigenvalue weighted by atomic mass is 10.1. The third-order valence-electron chi connectivity index (χ3n) is 5.27. The number of nitrogens with zero attached hydrogens (tertiary/aromatic N) is 1. The van der Waals surface area contributed by atoms with Crippen LogP contribution in [-0.4, -0.2) is 43.7 Å². The van der Waals surface area contributed by atoms with Gasteiger partial charge in [-0.2, -0.15) is 0 Å². The van der Waals surface area contributed by atoms with Gasteiger partial charge in [0.2, 0.25) is 0 Å². The minimum atomic E-state index is -1.17. The van der Waals surface area contributed by atoms with Crippen LogP contribution in [0.5, 0.6) is 5.75 Å². The molecule has 1 rings (SSSR count). The average Bonchev–Trinajstić information content (AvgIpc) is 2.73. The van der Waals surface area contributed by atoms with Crippen LogP contribution in [0, 0.1) is 0 Å². The van der Waals surface area contributed by atoms with Gasteiger partial charge in [0.05, 0.1) is 39.3 Å². The fourth-order valence-corrected chi connectivity index (χ4v) is 3.37. The Hall–Kier alpha value is -1.55. The second-order valence-corrected chi connectivity index (χ2v) is 7.67. The number of carboxylic acids is 1. The van der Waals surface area contributed by atoms with Gasteiger partial charge in [-0.3, -0.25) is 0 Å². The van der Waals surface area contributed by atoms with E-state index in [9.17, 15) is 9.90 Å². The van der Waals surface area contributed by atoms with Crippen LogP contribution >= 0.6 is 0 Å². The van der Waals surface area contributed by atoms with Crippen LogP contribution in [-0.2, 0) is 0 Å². The van der Waals surface area contributed by atoms with Crippen LogP contribution in [0.4, 0.5) is 0 Å². The van der Waals surface area contributed by atoms with Crippen molar-refractivity contribution < 1.29 is 19.1 Å². The average molecular weight is 394 g/mol. The molecule has 0 spiro atoms. The van der Waals surface area contributed by atoms with E-state index in [4.69, 9.17) is 4.74 Å². The fourth-order valence-electron chi connectivity index (χ4n) is 3.37. The zero-order chi connectivity index (χ0) is 21.3. The third-order valence-corrected chi connectivity index (χ3v) is 5.27. The smallest absolute Gasteiger partial charge is 0.118 e. The second kappa shape index (κ2) is 16.4. The van der Waals surface area contributed by atoms with E-state index in [1.54, 1.807) is 12.1 Å². The predicted molar refractivity (Wildman–Crippen MR) is 117 cm³/mol. The van der Waals surface area contributed by atoms with Crippen LogP contribution in [0.2, 0.25) is 0 Å². The van der Waals surface area contributed by atoms with E-state index >= 15 is 0 Å². The summed E-state index contributed by atoms with van der Waals surface area (Å²) in [6.07, 6.45) is 11.1. The van der Waals surface area contributed by atoms with Gasteiger partial charge in [0.25, 0.3) is 0 Å². The number of hydrogen-bond donors (Lipinski definition) is 0. The summed E-state index contributed by atoms with van der Waals surface area (Å²) in [6, 6.07) is 6.03. The third kappa shape index (κ3) is 11.3. The molecule has 0 atom stereocenters. The summed E-state index contributed by atoms with van der Waals surface area (Å²) in [5.41, 5.74) is 0.158. The van der Waals surface area contributed by atoms with Crippen LogP contribution in [0.1, 0.15) is 89.4 Å². The lowest BCUT2D eigenvalue weighted by Gasteiger charge is -2.39. The van der Waals surface area contributed by atoms with Crippen LogP contribution in [0.3, 0.4) is 0 Å². The maximum atomic E-state index is 10.2. The minimum absolute atomic E-state index is 0.158. The molecule has 1 aromatic carbocycles. The number of carboxylic acid groups (broad SMARTS) is 1. The molecule has 0 radical (unpaired) electrons. The first-order chi connectivity index (χ1) is 13.5. The first-order valence-electron chi connectivity index (χ1n) is 11.2. The molecule has 0 saturated carbocycles. The Morgan fingerprint density at radius 2 is 1.14 bits per heavy atom. The van der Waals surface area contributed by atoms with Crippen molar-refractivity contribution in [1.82, 2.24) is 0 Å². The van der Waals surface area contributed by atoms with Gasteiger partial charge >= 0.3 is 0 Å². The molecule has 4 heteroatoms. The van der Waals surface area contributed by atoms with Gasteiger partial charge in [-0.15, -0.1) is 0 Å². The summed E-state index contributed by atoms with van der Waals surface area (Å²) >= 11 is 0. The molecule has 0 aliphatic carbocycles. The number of hydrogen-bond acceptors (Lipinski definition) is 3. The van der Waals surface area contributed by atoms with E-state index in [1.165, 1.54) is 101 Å². The molecule has 28 heavy (non-hydrogen) atoms. The fraction of sp³-hybridized carbons (Fsp3) is 0.708. The van der Waals surface area contributed by atoms with Gasteiger partial charge in [-0.05, 0) is 55.5 Å². The Morgan fingerprint density at radius 3 is 1.39 bits per heavy atom. The Morgan fingerprint density at radius 1 is 0.786 bits per heavy atom. The number of ether oxygens (including phenoxy) is 1. The Balaban J connectivity index is 0.000000567. The summed E-state index contributed by atoms with van der Waals surface area (Å²) < 4.78 is 6.26. The number of rotatable bonds is 14. The lowest BCUT2D eigenvalue weighted by Crippen LogP contribution is -2.50. The molecule has 0 N–H and O–H groups in total. The van der Waals surface area contributed by atoms with Crippen molar-refractivity contribution in [3.63, 3.8) is 0 Å². The molecule has 0 saturated heterocycles. The molecular weight excluding hydrogens is 350 g/mol. The largest absolute Gasteiger partial charge is 0.545 e. The zero-order valence-electron chi connectivity index (χ0n) is 19.0. The highest BCUT2D eigenvalue weighted by molar-refractivity contribution is 5.85. The molecule has 162 valence electrons. The zero-order valence-corrected chi connectivity index (χ0v) is 19.0. The molecular formula is C24H43NO3. The van der Waals surface area contributed by atoms with Crippen LogP contribution in [0.15, 0.2) is 24.3 Å². The Kier molecular flexibility index (Phi) is 15.5. The van der Waals surface area contributed by atoms with Crippen molar-refractivity contribution in [2.75, 3.05) is 33.3 Å². The molecule has 0 fully saturated rings. The van der Waals surface area contributed by atoms with Gasteiger partial charge in [0.1, 0.15) is 5.75 Å². The monoisotopic (exact) mass is 393 g/mol. The molecule has 4 nitrogen and oxygen atoms in total. The maximum Gasteiger partial charge on any atom is 0.118 e. The van der Waals surface area contributed by atoms with Crippen molar-refractivity contribution in [2.45, 2.75) is 79.1 Å². The summed E-state index contributed by atoms with van der Waals surface area (Å²) in [7, 11) is 1.52. The normalized spacial score (nSPS) is 10.9. The van der Waals surface area contributed by atoms with Crippen molar-refractivity contribution in [2.24, 2.45) is 0 Å².